The molecular weight excluding hydrogens is 410 g/mol. The van der Waals surface area contributed by atoms with Gasteiger partial charge in [-0.3, -0.25) is 4.90 Å². The molecule has 2 aromatic rings. The number of nitrogens with zero attached hydrogens (tertiary/aromatic N) is 6. The van der Waals surface area contributed by atoms with Gasteiger partial charge in [0.05, 0.1) is 32.1 Å². The smallest absolute Gasteiger partial charge is 0.218 e. The minimum atomic E-state index is 0.241. The molecule has 2 N–H and O–H groups in total. The summed E-state index contributed by atoms with van der Waals surface area (Å²) in [5.41, 5.74) is 8.32. The summed E-state index contributed by atoms with van der Waals surface area (Å²) >= 11 is 0. The topological polar surface area (TPSA) is 111 Å². The van der Waals surface area contributed by atoms with E-state index in [0.29, 0.717) is 42.9 Å². The summed E-state index contributed by atoms with van der Waals surface area (Å²) in [7, 11) is 0. The molecule has 2 aliphatic heterocycles. The highest BCUT2D eigenvalue weighted by Gasteiger charge is 2.16. The minimum absolute atomic E-state index is 0.241. The number of hydrogen-bond acceptors (Lipinski definition) is 10. The molecule has 10 heteroatoms. The molecule has 2 fully saturated rings. The van der Waals surface area contributed by atoms with Crippen LogP contribution >= 0.6 is 0 Å². The largest absolute Gasteiger partial charge is 0.476 e. The second kappa shape index (κ2) is 11.2. The van der Waals surface area contributed by atoms with Gasteiger partial charge in [-0.15, -0.1) is 0 Å². The second-order valence-corrected chi connectivity index (χ2v) is 7.84. The van der Waals surface area contributed by atoms with Crippen LogP contribution in [0.5, 0.6) is 5.88 Å². The number of morpholine rings is 2. The molecule has 0 unspecified atom stereocenters. The van der Waals surface area contributed by atoms with Crippen molar-refractivity contribution in [3.05, 3.63) is 35.7 Å². The minimum Gasteiger partial charge on any atom is -0.476 e. The summed E-state index contributed by atoms with van der Waals surface area (Å²) in [4.78, 5) is 13.8. The van der Waals surface area contributed by atoms with Crippen molar-refractivity contribution in [1.82, 2.24) is 14.9 Å². The summed E-state index contributed by atoms with van der Waals surface area (Å²) in [5, 5.41) is 8.58. The van der Waals surface area contributed by atoms with Crippen molar-refractivity contribution in [2.45, 2.75) is 13.5 Å². The SMILES string of the molecule is Cc1ccc(N)c(N=NCc2nc(OCCN3CCOCC3)cc(N3CCOCC3)n2)c1. The molecule has 0 radical (unpaired) electrons. The number of aryl methyl sites for hydroxylation is 1. The number of hydrogen-bond donors (Lipinski definition) is 1. The normalized spacial score (nSPS) is 17.7. The first-order valence-electron chi connectivity index (χ1n) is 11.0. The monoisotopic (exact) mass is 441 g/mol. The maximum Gasteiger partial charge on any atom is 0.218 e. The molecule has 1 aromatic carbocycles. The zero-order valence-corrected chi connectivity index (χ0v) is 18.6. The second-order valence-electron chi connectivity index (χ2n) is 7.84. The molecule has 0 saturated carbocycles. The van der Waals surface area contributed by atoms with Crippen LogP contribution in [-0.2, 0) is 16.0 Å². The third-order valence-electron chi connectivity index (χ3n) is 5.41. The first-order valence-corrected chi connectivity index (χ1v) is 11.0. The summed E-state index contributed by atoms with van der Waals surface area (Å²) in [6, 6.07) is 7.58. The van der Waals surface area contributed by atoms with Gasteiger partial charge in [0, 0.05) is 38.8 Å². The Morgan fingerprint density at radius 3 is 2.56 bits per heavy atom. The van der Waals surface area contributed by atoms with E-state index in [2.05, 4.69) is 25.0 Å². The van der Waals surface area contributed by atoms with Gasteiger partial charge in [0.15, 0.2) is 5.82 Å². The molecule has 172 valence electrons. The predicted octanol–water partition coefficient (Wildman–Crippen LogP) is 2.20. The Bertz CT molecular complexity index is 912. The summed E-state index contributed by atoms with van der Waals surface area (Å²) < 4.78 is 16.9. The Labute approximate surface area is 188 Å². The van der Waals surface area contributed by atoms with E-state index in [4.69, 9.17) is 24.9 Å². The van der Waals surface area contributed by atoms with E-state index in [0.717, 1.165) is 57.3 Å². The number of rotatable bonds is 8. The van der Waals surface area contributed by atoms with E-state index >= 15 is 0 Å². The van der Waals surface area contributed by atoms with Crippen molar-refractivity contribution in [1.29, 1.82) is 0 Å². The standard InChI is InChI=1S/C22H31N7O3/c1-17-2-3-18(23)19(14-17)27-24-16-20-25-21(29-7-11-31-12-8-29)15-22(26-20)32-13-6-28-4-9-30-10-5-28/h2-3,14-15H,4-13,16,23H2,1H3. The fraction of sp³-hybridized carbons (Fsp3) is 0.545. The lowest BCUT2D eigenvalue weighted by Gasteiger charge is -2.28. The summed E-state index contributed by atoms with van der Waals surface area (Å²) in [5.74, 6) is 1.94. The zero-order chi connectivity index (χ0) is 22.2. The van der Waals surface area contributed by atoms with E-state index < -0.39 is 0 Å². The highest BCUT2D eigenvalue weighted by atomic mass is 16.5. The Hall–Kier alpha value is -2.82. The van der Waals surface area contributed by atoms with E-state index in [9.17, 15) is 0 Å². The number of azo groups is 1. The maximum absolute atomic E-state index is 6.00. The Balaban J connectivity index is 1.44. The number of aromatic nitrogens is 2. The molecule has 10 nitrogen and oxygen atoms in total. The molecule has 4 rings (SSSR count). The van der Waals surface area contributed by atoms with E-state index in [1.807, 2.05) is 31.2 Å². The van der Waals surface area contributed by atoms with Gasteiger partial charge >= 0.3 is 0 Å². The van der Waals surface area contributed by atoms with Crippen LogP contribution < -0.4 is 15.4 Å². The van der Waals surface area contributed by atoms with Gasteiger partial charge in [-0.2, -0.15) is 15.2 Å². The van der Waals surface area contributed by atoms with Crippen molar-refractivity contribution in [3.8, 4) is 5.88 Å². The van der Waals surface area contributed by atoms with E-state index in [1.165, 1.54) is 0 Å². The third-order valence-corrected chi connectivity index (χ3v) is 5.41. The van der Waals surface area contributed by atoms with Crippen LogP contribution in [0.1, 0.15) is 11.4 Å². The van der Waals surface area contributed by atoms with Gasteiger partial charge in [-0.05, 0) is 24.6 Å². The van der Waals surface area contributed by atoms with Crippen LogP contribution in [0.4, 0.5) is 17.2 Å². The molecule has 3 heterocycles. The van der Waals surface area contributed by atoms with Crippen molar-refractivity contribution in [2.24, 2.45) is 10.2 Å². The fourth-order valence-electron chi connectivity index (χ4n) is 3.58. The molecular formula is C22H31N7O3. The summed E-state index contributed by atoms with van der Waals surface area (Å²) in [6.45, 7) is 9.96. The fourth-order valence-corrected chi connectivity index (χ4v) is 3.58. The van der Waals surface area contributed by atoms with Gasteiger partial charge in [0.2, 0.25) is 5.88 Å². The quantitative estimate of drug-likeness (QED) is 0.490. The van der Waals surface area contributed by atoms with Crippen LogP contribution in [0.25, 0.3) is 0 Å². The molecule has 2 saturated heterocycles. The molecule has 0 spiro atoms. The molecule has 0 aliphatic carbocycles. The number of nitrogen functional groups attached to an aromatic ring is 1. The molecule has 0 amide bonds. The first-order chi connectivity index (χ1) is 15.7. The maximum atomic E-state index is 6.00. The average Bonchev–Trinajstić information content (AvgIpc) is 2.82. The molecule has 0 bridgehead atoms. The van der Waals surface area contributed by atoms with Crippen LogP contribution in [-0.4, -0.2) is 80.6 Å². The third kappa shape index (κ3) is 6.35. The average molecular weight is 442 g/mol. The Morgan fingerprint density at radius 1 is 1.03 bits per heavy atom. The number of ether oxygens (including phenoxy) is 3. The van der Waals surface area contributed by atoms with Gasteiger partial charge in [-0.1, -0.05) is 6.07 Å². The summed E-state index contributed by atoms with van der Waals surface area (Å²) in [6.07, 6.45) is 0. The van der Waals surface area contributed by atoms with Crippen LogP contribution in [0, 0.1) is 6.92 Å². The highest BCUT2D eigenvalue weighted by Crippen LogP contribution is 2.24. The molecule has 0 atom stereocenters. The lowest BCUT2D eigenvalue weighted by Crippen LogP contribution is -2.38. The first kappa shape index (κ1) is 22.4. The molecule has 32 heavy (non-hydrogen) atoms. The van der Waals surface area contributed by atoms with Crippen molar-refractivity contribution < 1.29 is 14.2 Å². The van der Waals surface area contributed by atoms with Crippen molar-refractivity contribution >= 4 is 17.2 Å². The Kier molecular flexibility index (Phi) is 7.81. The van der Waals surface area contributed by atoms with Gasteiger partial charge in [0.25, 0.3) is 0 Å². The molecule has 1 aromatic heterocycles. The number of anilines is 2. The van der Waals surface area contributed by atoms with Crippen molar-refractivity contribution in [3.63, 3.8) is 0 Å². The lowest BCUT2D eigenvalue weighted by atomic mass is 10.2. The van der Waals surface area contributed by atoms with E-state index in [1.54, 1.807) is 0 Å². The van der Waals surface area contributed by atoms with Gasteiger partial charge < -0.3 is 24.8 Å². The zero-order valence-electron chi connectivity index (χ0n) is 18.6. The highest BCUT2D eigenvalue weighted by molar-refractivity contribution is 5.62. The lowest BCUT2D eigenvalue weighted by molar-refractivity contribution is 0.0320. The number of nitrogens with two attached hydrogens (primary N) is 1. The van der Waals surface area contributed by atoms with Crippen LogP contribution in [0.2, 0.25) is 0 Å². The van der Waals surface area contributed by atoms with Crippen LogP contribution in [0.15, 0.2) is 34.5 Å². The van der Waals surface area contributed by atoms with Gasteiger partial charge in [-0.25, -0.2) is 4.98 Å². The Morgan fingerprint density at radius 2 is 1.78 bits per heavy atom. The van der Waals surface area contributed by atoms with E-state index in [-0.39, 0.29) is 6.54 Å². The van der Waals surface area contributed by atoms with Crippen molar-refractivity contribution in [2.75, 3.05) is 76.4 Å². The molecule has 2 aliphatic rings. The number of benzene rings is 1. The van der Waals surface area contributed by atoms with Crippen LogP contribution in [0.3, 0.4) is 0 Å². The predicted molar refractivity (Wildman–Crippen MR) is 122 cm³/mol. The van der Waals surface area contributed by atoms with Gasteiger partial charge in [0.1, 0.15) is 24.7 Å².